The Morgan fingerprint density at radius 3 is 2.50 bits per heavy atom. The van der Waals surface area contributed by atoms with Gasteiger partial charge in [-0.15, -0.1) is 0 Å². The van der Waals surface area contributed by atoms with E-state index in [0.29, 0.717) is 35.2 Å². The van der Waals surface area contributed by atoms with Crippen LogP contribution in [-0.2, 0) is 9.59 Å². The van der Waals surface area contributed by atoms with E-state index >= 15 is 0 Å². The van der Waals surface area contributed by atoms with Crippen molar-refractivity contribution in [1.82, 2.24) is 10.2 Å². The van der Waals surface area contributed by atoms with E-state index in [4.69, 9.17) is 9.47 Å². The number of rotatable bonds is 7. The summed E-state index contributed by atoms with van der Waals surface area (Å²) < 4.78 is 10.9. The molecule has 0 aromatic heterocycles. The molecule has 0 unspecified atom stereocenters. The van der Waals surface area contributed by atoms with Gasteiger partial charge >= 0.3 is 6.03 Å². The van der Waals surface area contributed by atoms with Crippen LogP contribution in [0.2, 0.25) is 0 Å². The van der Waals surface area contributed by atoms with E-state index in [1.807, 2.05) is 13.8 Å². The monoisotopic (exact) mass is 333 g/mol. The predicted octanol–water partition coefficient (Wildman–Crippen LogP) is 0.127. The molecule has 0 spiro atoms. The SMILES string of the molecule is CCOc1ccc(/C=C2/NC(=O)N(CC(=O)[O-])C2=O)cc1OCC. The quantitative estimate of drug-likeness (QED) is 0.561. The van der Waals surface area contributed by atoms with Gasteiger partial charge in [0.15, 0.2) is 11.5 Å². The van der Waals surface area contributed by atoms with Gasteiger partial charge in [0.05, 0.1) is 25.7 Å². The third-order valence-corrected chi connectivity index (χ3v) is 3.13. The zero-order valence-electron chi connectivity index (χ0n) is 13.3. The Morgan fingerprint density at radius 2 is 1.88 bits per heavy atom. The standard InChI is InChI=1S/C16H18N2O6/c1-3-23-12-6-5-10(8-13(12)24-4-2)7-11-15(21)18(9-14(19)20)16(22)17-11/h5-8H,3-4,9H2,1-2H3,(H,17,22)(H,19,20)/p-1/b11-7+. The molecule has 1 aliphatic rings. The Morgan fingerprint density at radius 1 is 1.21 bits per heavy atom. The predicted molar refractivity (Wildman–Crippen MR) is 82.0 cm³/mol. The van der Waals surface area contributed by atoms with Gasteiger partial charge in [0.1, 0.15) is 5.70 Å². The van der Waals surface area contributed by atoms with Crippen molar-refractivity contribution in [2.45, 2.75) is 13.8 Å². The lowest BCUT2D eigenvalue weighted by Crippen LogP contribution is -2.41. The number of nitrogens with zero attached hydrogens (tertiary/aromatic N) is 1. The normalized spacial score (nSPS) is 15.6. The van der Waals surface area contributed by atoms with Crippen molar-refractivity contribution >= 4 is 24.0 Å². The zero-order chi connectivity index (χ0) is 17.7. The summed E-state index contributed by atoms with van der Waals surface area (Å²) in [5.41, 5.74) is 0.578. The lowest BCUT2D eigenvalue weighted by molar-refractivity contribution is -0.305. The molecule has 0 bridgehead atoms. The molecule has 0 atom stereocenters. The maximum atomic E-state index is 12.1. The molecule has 128 valence electrons. The summed E-state index contributed by atoms with van der Waals surface area (Å²) in [5.74, 6) is -1.16. The number of imide groups is 1. The summed E-state index contributed by atoms with van der Waals surface area (Å²) in [6, 6.07) is 4.26. The van der Waals surface area contributed by atoms with E-state index in [1.165, 1.54) is 6.08 Å². The first kappa shape index (κ1) is 17.3. The molecule has 2 rings (SSSR count). The minimum Gasteiger partial charge on any atom is -0.548 e. The van der Waals surface area contributed by atoms with Crippen LogP contribution < -0.4 is 19.9 Å². The van der Waals surface area contributed by atoms with Crippen LogP contribution >= 0.6 is 0 Å². The second-order valence-corrected chi connectivity index (χ2v) is 4.82. The van der Waals surface area contributed by atoms with E-state index in [1.54, 1.807) is 18.2 Å². The number of carboxylic acid groups (broad SMARTS) is 1. The van der Waals surface area contributed by atoms with Crippen LogP contribution in [0.5, 0.6) is 11.5 Å². The first-order chi connectivity index (χ1) is 11.5. The summed E-state index contributed by atoms with van der Waals surface area (Å²) in [4.78, 5) is 34.9. The van der Waals surface area contributed by atoms with E-state index in [-0.39, 0.29) is 5.70 Å². The number of nitrogens with one attached hydrogen (secondary N) is 1. The van der Waals surface area contributed by atoms with Gasteiger partial charge in [0, 0.05) is 0 Å². The summed E-state index contributed by atoms with van der Waals surface area (Å²) in [6.07, 6.45) is 1.44. The van der Waals surface area contributed by atoms with Gasteiger partial charge < -0.3 is 24.7 Å². The van der Waals surface area contributed by atoms with Crippen LogP contribution in [0.1, 0.15) is 19.4 Å². The number of carboxylic acids is 1. The van der Waals surface area contributed by atoms with Crippen LogP contribution in [-0.4, -0.2) is 42.6 Å². The Labute approximate surface area is 138 Å². The molecule has 0 aliphatic carbocycles. The molecule has 1 saturated heterocycles. The van der Waals surface area contributed by atoms with Crippen LogP contribution in [0.25, 0.3) is 6.08 Å². The topological polar surface area (TPSA) is 108 Å². The van der Waals surface area contributed by atoms with E-state index in [2.05, 4.69) is 5.32 Å². The van der Waals surface area contributed by atoms with Crippen LogP contribution in [0, 0.1) is 0 Å². The Balaban J connectivity index is 2.27. The largest absolute Gasteiger partial charge is 0.548 e. The molecule has 8 nitrogen and oxygen atoms in total. The molecular weight excluding hydrogens is 316 g/mol. The first-order valence-corrected chi connectivity index (χ1v) is 7.40. The molecule has 1 aliphatic heterocycles. The number of hydrogen-bond donors (Lipinski definition) is 1. The highest BCUT2D eigenvalue weighted by atomic mass is 16.5. The van der Waals surface area contributed by atoms with Gasteiger partial charge in [-0.05, 0) is 37.6 Å². The minimum absolute atomic E-state index is 0.0205. The maximum absolute atomic E-state index is 12.1. The maximum Gasteiger partial charge on any atom is 0.329 e. The average molecular weight is 333 g/mol. The van der Waals surface area contributed by atoms with Gasteiger partial charge in [-0.2, -0.15) is 0 Å². The Bertz CT molecular complexity index is 698. The van der Waals surface area contributed by atoms with Gasteiger partial charge in [-0.3, -0.25) is 9.69 Å². The number of benzene rings is 1. The number of carbonyl (C=O) groups is 3. The highest BCUT2D eigenvalue weighted by molar-refractivity contribution is 6.15. The summed E-state index contributed by atoms with van der Waals surface area (Å²) in [5, 5.41) is 12.9. The molecule has 1 fully saturated rings. The Kier molecular flexibility index (Phi) is 5.41. The highest BCUT2D eigenvalue weighted by Gasteiger charge is 2.33. The third kappa shape index (κ3) is 3.83. The van der Waals surface area contributed by atoms with Crippen molar-refractivity contribution in [3.05, 3.63) is 29.5 Å². The molecule has 1 aromatic carbocycles. The number of hydrogen-bond acceptors (Lipinski definition) is 6. The summed E-state index contributed by atoms with van der Waals surface area (Å²) in [7, 11) is 0. The third-order valence-electron chi connectivity index (χ3n) is 3.13. The van der Waals surface area contributed by atoms with Gasteiger partial charge in [0.25, 0.3) is 5.91 Å². The molecule has 24 heavy (non-hydrogen) atoms. The fourth-order valence-corrected chi connectivity index (χ4v) is 2.17. The van der Waals surface area contributed by atoms with E-state index < -0.39 is 24.5 Å². The molecule has 1 heterocycles. The van der Waals surface area contributed by atoms with Crippen LogP contribution in [0.3, 0.4) is 0 Å². The fraction of sp³-hybridized carbons (Fsp3) is 0.312. The lowest BCUT2D eigenvalue weighted by atomic mass is 10.1. The number of aliphatic carboxylic acids is 1. The van der Waals surface area contributed by atoms with Gasteiger partial charge in [-0.1, -0.05) is 6.07 Å². The van der Waals surface area contributed by atoms with Crippen molar-refractivity contribution in [2.75, 3.05) is 19.8 Å². The molecule has 1 N–H and O–H groups in total. The molecule has 8 heteroatoms. The second-order valence-electron chi connectivity index (χ2n) is 4.82. The zero-order valence-corrected chi connectivity index (χ0v) is 13.3. The summed E-state index contributed by atoms with van der Waals surface area (Å²) >= 11 is 0. The fourth-order valence-electron chi connectivity index (χ4n) is 2.17. The average Bonchev–Trinajstić information content (AvgIpc) is 2.77. The van der Waals surface area contributed by atoms with Crippen molar-refractivity contribution in [2.24, 2.45) is 0 Å². The van der Waals surface area contributed by atoms with Crippen molar-refractivity contribution < 1.29 is 29.0 Å². The van der Waals surface area contributed by atoms with E-state index in [9.17, 15) is 19.5 Å². The van der Waals surface area contributed by atoms with E-state index in [0.717, 1.165) is 0 Å². The molecule has 3 amide bonds. The van der Waals surface area contributed by atoms with Crippen LogP contribution in [0.4, 0.5) is 4.79 Å². The number of carbonyl (C=O) groups excluding carboxylic acids is 3. The molecule has 0 saturated carbocycles. The van der Waals surface area contributed by atoms with Crippen molar-refractivity contribution in [1.29, 1.82) is 0 Å². The van der Waals surface area contributed by atoms with Gasteiger partial charge in [-0.25, -0.2) is 4.79 Å². The smallest absolute Gasteiger partial charge is 0.329 e. The van der Waals surface area contributed by atoms with Gasteiger partial charge in [0.2, 0.25) is 0 Å². The lowest BCUT2D eigenvalue weighted by Gasteiger charge is -2.12. The molecule has 1 aromatic rings. The highest BCUT2D eigenvalue weighted by Crippen LogP contribution is 2.29. The molecule has 0 radical (unpaired) electrons. The number of urea groups is 1. The van der Waals surface area contributed by atoms with Crippen LogP contribution in [0.15, 0.2) is 23.9 Å². The summed E-state index contributed by atoms with van der Waals surface area (Å²) in [6.45, 7) is 3.81. The second kappa shape index (κ2) is 7.49. The number of ether oxygens (including phenoxy) is 2. The minimum atomic E-state index is -1.51. The Hall–Kier alpha value is -3.03. The number of amides is 3. The first-order valence-electron chi connectivity index (χ1n) is 7.40. The van der Waals surface area contributed by atoms with Crippen molar-refractivity contribution in [3.8, 4) is 11.5 Å². The molecular formula is C16H17N2O6-. The van der Waals surface area contributed by atoms with Crippen molar-refractivity contribution in [3.63, 3.8) is 0 Å².